The molecule has 0 radical (unpaired) electrons. The van der Waals surface area contributed by atoms with Crippen molar-refractivity contribution in [2.75, 3.05) is 0 Å². The van der Waals surface area contributed by atoms with Crippen molar-refractivity contribution < 1.29 is 15.0 Å². The number of hydrogen-bond acceptors (Lipinski definition) is 1. The van der Waals surface area contributed by atoms with Gasteiger partial charge in [-0.2, -0.15) is 0 Å². The van der Waals surface area contributed by atoms with Crippen LogP contribution in [0.1, 0.15) is 0 Å². The Hall–Kier alpha value is 9.09. The minimum absolute atomic E-state index is 0. The molecule has 0 rings (SSSR count). The molecule has 0 fully saturated rings. The summed E-state index contributed by atoms with van der Waals surface area (Å²) in [4.78, 5) is 8.56. The molecule has 0 atom stereocenters. The molecule has 10 heavy (non-hydrogen) atoms. The second-order valence-electron chi connectivity index (χ2n) is 0.283. The second-order valence-corrected chi connectivity index (χ2v) is 0.283. The van der Waals surface area contributed by atoms with Gasteiger partial charge in [0.05, 0.1) is 0 Å². The van der Waals surface area contributed by atoms with Crippen LogP contribution in [0.2, 0.25) is 0 Å². The molecule has 0 aliphatic heterocycles. The summed E-state index contributed by atoms with van der Waals surface area (Å²) in [6.45, 7) is 0. The first kappa shape index (κ1) is 42.7. The van der Waals surface area contributed by atoms with E-state index in [1.165, 1.54) is 0 Å². The van der Waals surface area contributed by atoms with Crippen LogP contribution in [-0.4, -0.2) is 325 Å². The van der Waals surface area contributed by atoms with E-state index in [0.29, 0.717) is 0 Å². The second kappa shape index (κ2) is 36.1. The minimum atomic E-state index is -1.83. The molecule has 0 unspecified atom stereocenters. The molecule has 0 bridgehead atoms. The van der Waals surface area contributed by atoms with Gasteiger partial charge in [-0.1, -0.05) is 0 Å². The van der Waals surface area contributed by atoms with Crippen LogP contribution in [0.5, 0.6) is 0 Å². The van der Waals surface area contributed by atoms with E-state index in [1.807, 2.05) is 0 Å². The summed E-state index contributed by atoms with van der Waals surface area (Å²) < 4.78 is 0. The van der Waals surface area contributed by atoms with Gasteiger partial charge in [0.2, 0.25) is 0 Å². The zero-order valence-corrected chi connectivity index (χ0v) is 1.80. The molecule has 0 saturated heterocycles. The summed E-state index contributed by atoms with van der Waals surface area (Å²) >= 11 is 0. The zero-order chi connectivity index (χ0) is 3.58. The van der Waals surface area contributed by atoms with Crippen LogP contribution in [0, 0.1) is 0 Å². The molecule has 0 aliphatic rings. The molecule has 0 saturated carbocycles. The first-order valence-electron chi connectivity index (χ1n) is 0.651. The average molecular weight is 303 g/mol. The predicted octanol–water partition coefficient (Wildman–Crippen LogP) is -3.67. The first-order chi connectivity index (χ1) is 1.73. The van der Waals surface area contributed by atoms with Crippen molar-refractivity contribution in [2.24, 2.45) is 0 Å². The quantitative estimate of drug-likeness (QED) is 0.454. The van der Waals surface area contributed by atoms with Crippen LogP contribution in [0.25, 0.3) is 0 Å². The van der Waals surface area contributed by atoms with Gasteiger partial charge in [-0.25, -0.2) is 4.79 Å². The van der Waals surface area contributed by atoms with Crippen LogP contribution < -0.4 is 0 Å². The molecular formula is CH8K6O3. The van der Waals surface area contributed by atoms with Gasteiger partial charge in [-0.05, 0) is 0 Å². The number of hydrogen-bond donors (Lipinski definition) is 2. The fourth-order valence-electron chi connectivity index (χ4n) is 0. The van der Waals surface area contributed by atoms with Gasteiger partial charge in [0.1, 0.15) is 0 Å². The first-order valence-corrected chi connectivity index (χ1v) is 0.651. The molecule has 0 amide bonds. The van der Waals surface area contributed by atoms with E-state index >= 15 is 0 Å². The molecular weight excluding hydrogens is 295 g/mol. The van der Waals surface area contributed by atoms with E-state index in [0.717, 1.165) is 0 Å². The van der Waals surface area contributed by atoms with Crippen molar-refractivity contribution in [1.29, 1.82) is 0 Å². The summed E-state index contributed by atoms with van der Waals surface area (Å²) in [5.74, 6) is 0. The van der Waals surface area contributed by atoms with Gasteiger partial charge in [-0.15, -0.1) is 0 Å². The Morgan fingerprint density at radius 1 is 0.700 bits per heavy atom. The third-order valence-corrected chi connectivity index (χ3v) is 0. The third-order valence-electron chi connectivity index (χ3n) is 0. The predicted molar refractivity (Wildman–Crippen MR) is 53.5 cm³/mol. The molecule has 0 aromatic rings. The summed E-state index contributed by atoms with van der Waals surface area (Å²) in [6.07, 6.45) is -1.83. The Kier molecular flexibility index (Phi) is 154. The van der Waals surface area contributed by atoms with Gasteiger partial charge >= 0.3 is 314 Å². The number of rotatable bonds is 0. The Morgan fingerprint density at radius 3 is 0.700 bits per heavy atom. The van der Waals surface area contributed by atoms with Crippen LogP contribution in [-0.2, 0) is 0 Å². The fourth-order valence-corrected chi connectivity index (χ4v) is 0. The third kappa shape index (κ3) is 53.5. The van der Waals surface area contributed by atoms with Gasteiger partial charge in [-0.3, -0.25) is 0 Å². The van der Waals surface area contributed by atoms with E-state index in [2.05, 4.69) is 0 Å². The maximum absolute atomic E-state index is 8.56. The van der Waals surface area contributed by atoms with Gasteiger partial charge < -0.3 is 10.2 Å². The van der Waals surface area contributed by atoms with Crippen molar-refractivity contribution in [1.82, 2.24) is 0 Å². The van der Waals surface area contributed by atoms with Gasteiger partial charge in [0, 0.05) is 0 Å². The molecule has 0 spiro atoms. The zero-order valence-electron chi connectivity index (χ0n) is 1.80. The van der Waals surface area contributed by atoms with E-state index < -0.39 is 6.16 Å². The van der Waals surface area contributed by atoms with Crippen molar-refractivity contribution in [3.8, 4) is 0 Å². The van der Waals surface area contributed by atoms with E-state index in [1.54, 1.807) is 0 Å². The molecule has 0 aromatic heterocycles. The molecule has 2 N–H and O–H groups in total. The van der Waals surface area contributed by atoms with Crippen LogP contribution in [0.4, 0.5) is 4.79 Å². The summed E-state index contributed by atoms with van der Waals surface area (Å²) in [5, 5.41) is 13.9. The molecule has 0 heterocycles. The average Bonchev–Trinajstić information content (AvgIpc) is 0.811. The van der Waals surface area contributed by atoms with Gasteiger partial charge in [0.25, 0.3) is 0 Å². The summed E-state index contributed by atoms with van der Waals surface area (Å²) in [7, 11) is 0. The number of carbonyl (C=O) groups is 1. The summed E-state index contributed by atoms with van der Waals surface area (Å²) in [6, 6.07) is 0. The van der Waals surface area contributed by atoms with Crippen LogP contribution >= 0.6 is 0 Å². The molecule has 3 nitrogen and oxygen atoms in total. The standard InChI is InChI=1S/CH2O3.6K.6H/c2-1(3)4;;;;;;;;;;;;/h(H2,2,3,4);;;;;;;;;;;;. The summed E-state index contributed by atoms with van der Waals surface area (Å²) in [5.41, 5.74) is 0. The topological polar surface area (TPSA) is 57.5 Å². The molecule has 0 aromatic carbocycles. The van der Waals surface area contributed by atoms with Crippen molar-refractivity contribution >= 4 is 314 Å². The number of carboxylic acid groups (broad SMARTS) is 2. The van der Waals surface area contributed by atoms with Crippen molar-refractivity contribution in [2.45, 2.75) is 0 Å². The van der Waals surface area contributed by atoms with Crippen LogP contribution in [0.3, 0.4) is 0 Å². The van der Waals surface area contributed by atoms with E-state index in [9.17, 15) is 0 Å². The SMILES string of the molecule is O=C(O)O.[KH].[KH].[KH].[KH].[KH].[KH]. The Morgan fingerprint density at radius 2 is 0.700 bits per heavy atom. The van der Waals surface area contributed by atoms with Gasteiger partial charge in [0.15, 0.2) is 0 Å². The molecule has 0 aliphatic carbocycles. The van der Waals surface area contributed by atoms with E-state index in [4.69, 9.17) is 15.0 Å². The normalized spacial score (nSPS) is 2.40. The van der Waals surface area contributed by atoms with Crippen molar-refractivity contribution in [3.05, 3.63) is 0 Å². The maximum atomic E-state index is 8.56. The van der Waals surface area contributed by atoms with Crippen molar-refractivity contribution in [3.63, 3.8) is 0 Å². The van der Waals surface area contributed by atoms with Crippen LogP contribution in [0.15, 0.2) is 0 Å². The Bertz CT molecular complexity index is 36.0. The fraction of sp³-hybridized carbons (Fsp3) is 0. The molecule has 9 heteroatoms. The van der Waals surface area contributed by atoms with E-state index in [-0.39, 0.29) is 308 Å². The Labute approximate surface area is 316 Å². The molecule has 36 valence electrons. The monoisotopic (exact) mass is 302 g/mol. The Balaban J connectivity index is -0.00000000300.